The van der Waals surface area contributed by atoms with Crippen LogP contribution in [0.25, 0.3) is 0 Å². The van der Waals surface area contributed by atoms with Crippen molar-refractivity contribution >= 4 is 23.4 Å². The van der Waals surface area contributed by atoms with Gasteiger partial charge in [-0.3, -0.25) is 14.4 Å². The molecule has 27 heavy (non-hydrogen) atoms. The maximum Gasteiger partial charge on any atom is 0.254 e. The molecule has 2 saturated heterocycles. The molecule has 0 aromatic heterocycles. The highest BCUT2D eigenvalue weighted by atomic mass is 16.2. The first kappa shape index (κ1) is 17.8. The van der Waals surface area contributed by atoms with Crippen molar-refractivity contribution in [1.82, 2.24) is 14.7 Å². The average molecular weight is 370 g/mol. The molecule has 0 spiro atoms. The summed E-state index contributed by atoms with van der Waals surface area (Å²) in [6.07, 6.45) is 3.96. The average Bonchev–Trinajstić information content (AvgIpc) is 3.40. The minimum absolute atomic E-state index is 0.0340. The lowest BCUT2D eigenvalue weighted by Crippen LogP contribution is -2.47. The van der Waals surface area contributed by atoms with Crippen molar-refractivity contribution < 1.29 is 14.4 Å². The van der Waals surface area contributed by atoms with Gasteiger partial charge in [0.15, 0.2) is 0 Å². The van der Waals surface area contributed by atoms with Gasteiger partial charge in [-0.1, -0.05) is 0 Å². The number of fused-ring (bicyclic) bond motifs is 1. The van der Waals surface area contributed by atoms with Crippen LogP contribution in [0.15, 0.2) is 18.2 Å². The number of amides is 3. The van der Waals surface area contributed by atoms with Crippen molar-refractivity contribution in [3.63, 3.8) is 0 Å². The molecular formula is C20H26N4O3. The summed E-state index contributed by atoms with van der Waals surface area (Å²) in [5.41, 5.74) is 8.01. The first-order valence-corrected chi connectivity index (χ1v) is 9.80. The Kier molecular flexibility index (Phi) is 4.76. The normalized spacial score (nSPS) is 21.9. The summed E-state index contributed by atoms with van der Waals surface area (Å²) in [6, 6.07) is 4.98. The second-order valence-electron chi connectivity index (χ2n) is 7.67. The third-order valence-corrected chi connectivity index (χ3v) is 5.88. The lowest BCUT2D eigenvalue weighted by Gasteiger charge is -2.28. The topological polar surface area (TPSA) is 86.9 Å². The van der Waals surface area contributed by atoms with Gasteiger partial charge in [0.05, 0.1) is 0 Å². The quantitative estimate of drug-likeness (QED) is 0.808. The summed E-state index contributed by atoms with van der Waals surface area (Å²) in [6.45, 7) is 3.10. The van der Waals surface area contributed by atoms with Gasteiger partial charge in [-0.2, -0.15) is 0 Å². The van der Waals surface area contributed by atoms with E-state index < -0.39 is 0 Å². The lowest BCUT2D eigenvalue weighted by atomic mass is 10.1. The zero-order chi connectivity index (χ0) is 19.0. The van der Waals surface area contributed by atoms with Crippen LogP contribution in [-0.4, -0.2) is 64.6 Å². The summed E-state index contributed by atoms with van der Waals surface area (Å²) in [7, 11) is 0. The fourth-order valence-electron chi connectivity index (χ4n) is 4.43. The van der Waals surface area contributed by atoms with Gasteiger partial charge in [-0.15, -0.1) is 0 Å². The molecule has 2 N–H and O–H groups in total. The number of rotatable bonds is 4. The van der Waals surface area contributed by atoms with Crippen LogP contribution in [0.4, 0.5) is 5.69 Å². The molecule has 2 fully saturated rings. The first-order valence-electron chi connectivity index (χ1n) is 9.80. The van der Waals surface area contributed by atoms with Crippen LogP contribution in [0.5, 0.6) is 0 Å². The zero-order valence-corrected chi connectivity index (χ0v) is 15.5. The van der Waals surface area contributed by atoms with E-state index in [0.717, 1.165) is 44.3 Å². The smallest absolute Gasteiger partial charge is 0.254 e. The van der Waals surface area contributed by atoms with Gasteiger partial charge < -0.3 is 20.4 Å². The Morgan fingerprint density at radius 1 is 1.11 bits per heavy atom. The molecule has 0 bridgehead atoms. The van der Waals surface area contributed by atoms with E-state index in [4.69, 9.17) is 5.73 Å². The Morgan fingerprint density at radius 2 is 1.89 bits per heavy atom. The second-order valence-corrected chi connectivity index (χ2v) is 7.67. The van der Waals surface area contributed by atoms with Crippen molar-refractivity contribution in [2.75, 3.05) is 31.9 Å². The Morgan fingerprint density at radius 3 is 2.67 bits per heavy atom. The number of nitrogens with two attached hydrogens (primary N) is 1. The maximum atomic E-state index is 12.8. The van der Waals surface area contributed by atoms with Gasteiger partial charge in [0.2, 0.25) is 11.8 Å². The molecule has 0 saturated carbocycles. The number of likely N-dealkylation sites (tertiary alicyclic amines) is 2. The van der Waals surface area contributed by atoms with Gasteiger partial charge >= 0.3 is 0 Å². The molecule has 1 atom stereocenters. The van der Waals surface area contributed by atoms with E-state index in [1.54, 1.807) is 21.9 Å². The minimum atomic E-state index is -0.318. The summed E-state index contributed by atoms with van der Waals surface area (Å²) < 4.78 is 0. The molecule has 7 nitrogen and oxygen atoms in total. The first-order chi connectivity index (χ1) is 13.0. The fourth-order valence-corrected chi connectivity index (χ4v) is 4.43. The predicted molar refractivity (Wildman–Crippen MR) is 101 cm³/mol. The number of benzene rings is 1. The second kappa shape index (κ2) is 7.21. The highest BCUT2D eigenvalue weighted by Gasteiger charge is 2.37. The summed E-state index contributed by atoms with van der Waals surface area (Å²) in [5, 5.41) is 0. The van der Waals surface area contributed by atoms with Gasteiger partial charge in [0.25, 0.3) is 5.91 Å². The van der Waals surface area contributed by atoms with Gasteiger partial charge in [0.1, 0.15) is 6.04 Å². The zero-order valence-electron chi connectivity index (χ0n) is 15.5. The molecule has 0 radical (unpaired) electrons. The van der Waals surface area contributed by atoms with Crippen molar-refractivity contribution in [2.45, 2.75) is 44.7 Å². The van der Waals surface area contributed by atoms with Gasteiger partial charge in [-0.05, 0) is 49.4 Å². The number of nitrogens with zero attached hydrogens (tertiary/aromatic N) is 3. The lowest BCUT2D eigenvalue weighted by molar-refractivity contribution is -0.143. The molecular weight excluding hydrogens is 344 g/mol. The van der Waals surface area contributed by atoms with E-state index in [1.807, 2.05) is 11.0 Å². The minimum Gasteiger partial charge on any atom is -0.399 e. The van der Waals surface area contributed by atoms with E-state index >= 15 is 0 Å². The number of carbonyl (C=O) groups is 3. The summed E-state index contributed by atoms with van der Waals surface area (Å²) in [5.74, 6) is 0.00992. The van der Waals surface area contributed by atoms with E-state index in [1.165, 1.54) is 0 Å². The van der Waals surface area contributed by atoms with Crippen LogP contribution in [0.3, 0.4) is 0 Å². The van der Waals surface area contributed by atoms with E-state index in [2.05, 4.69) is 0 Å². The number of carbonyl (C=O) groups excluding carboxylic acids is 3. The predicted octanol–water partition coefficient (Wildman–Crippen LogP) is 1.23. The Bertz CT molecular complexity index is 772. The van der Waals surface area contributed by atoms with Crippen molar-refractivity contribution in [2.24, 2.45) is 0 Å². The Hall–Kier alpha value is -2.57. The van der Waals surface area contributed by atoms with Crippen LogP contribution in [-0.2, 0) is 16.1 Å². The molecule has 3 aliphatic rings. The Balaban J connectivity index is 1.35. The monoisotopic (exact) mass is 370 g/mol. The highest BCUT2D eigenvalue weighted by molar-refractivity contribution is 5.99. The Labute approximate surface area is 159 Å². The third kappa shape index (κ3) is 3.38. The van der Waals surface area contributed by atoms with Crippen molar-refractivity contribution in [3.8, 4) is 0 Å². The highest BCUT2D eigenvalue weighted by Crippen LogP contribution is 2.26. The molecule has 1 aromatic carbocycles. The van der Waals surface area contributed by atoms with Crippen molar-refractivity contribution in [1.29, 1.82) is 0 Å². The number of anilines is 1. The molecule has 0 unspecified atom stereocenters. The number of hydrogen-bond acceptors (Lipinski definition) is 4. The standard InChI is InChI=1S/C20H26N4O3/c21-15-5-6-16-14(12-15)13-23(19(16)26)11-7-18(25)24-10-3-4-17(24)20(27)22-8-1-2-9-22/h5-6,12,17H,1-4,7-11,13,21H2/t17-/m0/s1. The summed E-state index contributed by atoms with van der Waals surface area (Å²) in [4.78, 5) is 43.3. The maximum absolute atomic E-state index is 12.8. The molecule has 4 rings (SSSR count). The molecule has 3 amide bonds. The molecule has 3 aliphatic heterocycles. The van der Waals surface area contributed by atoms with E-state index in [9.17, 15) is 14.4 Å². The van der Waals surface area contributed by atoms with Gasteiger partial charge in [-0.25, -0.2) is 0 Å². The molecule has 1 aromatic rings. The van der Waals surface area contributed by atoms with Gasteiger partial charge in [0, 0.05) is 50.4 Å². The van der Waals surface area contributed by atoms with Crippen LogP contribution in [0.1, 0.15) is 48.0 Å². The van der Waals surface area contributed by atoms with Crippen LogP contribution < -0.4 is 5.73 Å². The number of hydrogen-bond donors (Lipinski definition) is 1. The largest absolute Gasteiger partial charge is 0.399 e. The van der Waals surface area contributed by atoms with Crippen LogP contribution in [0.2, 0.25) is 0 Å². The third-order valence-electron chi connectivity index (χ3n) is 5.88. The van der Waals surface area contributed by atoms with Crippen molar-refractivity contribution in [3.05, 3.63) is 29.3 Å². The molecule has 144 valence electrons. The fraction of sp³-hybridized carbons (Fsp3) is 0.550. The molecule has 3 heterocycles. The molecule has 7 heteroatoms. The van der Waals surface area contributed by atoms with E-state index in [-0.39, 0.29) is 30.2 Å². The summed E-state index contributed by atoms with van der Waals surface area (Å²) >= 11 is 0. The van der Waals surface area contributed by atoms with E-state index in [0.29, 0.717) is 30.9 Å². The number of nitrogen functional groups attached to an aromatic ring is 1. The van der Waals surface area contributed by atoms with Crippen LogP contribution >= 0.6 is 0 Å². The molecule has 0 aliphatic carbocycles. The van der Waals surface area contributed by atoms with Crippen LogP contribution in [0, 0.1) is 0 Å². The SMILES string of the molecule is Nc1ccc2c(c1)CN(CCC(=O)N1CCC[C@H]1C(=O)N1CCCC1)C2=O.